The number of hydrogen-bond acceptors (Lipinski definition) is 7. The number of fused-ring (bicyclic) bond motifs is 1. The molecule has 2 aromatic heterocycles. The molecule has 0 fully saturated rings. The summed E-state index contributed by atoms with van der Waals surface area (Å²) in [6.07, 6.45) is 3.45. The molecule has 166 valence electrons. The van der Waals surface area contributed by atoms with Crippen LogP contribution in [0.3, 0.4) is 0 Å². The minimum absolute atomic E-state index is 0.162. The normalized spacial score (nSPS) is 12.4. The number of halogens is 1. The van der Waals surface area contributed by atoms with Crippen molar-refractivity contribution in [3.8, 4) is 28.6 Å². The highest BCUT2D eigenvalue weighted by Gasteiger charge is 2.18. The van der Waals surface area contributed by atoms with Crippen molar-refractivity contribution < 1.29 is 14.3 Å². The third-order valence-electron chi connectivity index (χ3n) is 4.80. The fourth-order valence-electron chi connectivity index (χ4n) is 3.32. The van der Waals surface area contributed by atoms with Crippen molar-refractivity contribution in [3.05, 3.63) is 71.5 Å². The number of carbonyl (C=O) groups excluding carboxylic acids is 1. The average Bonchev–Trinajstić information content (AvgIpc) is 3.28. The van der Waals surface area contributed by atoms with E-state index < -0.39 is 0 Å². The zero-order valence-corrected chi connectivity index (χ0v) is 19.7. The summed E-state index contributed by atoms with van der Waals surface area (Å²) in [4.78, 5) is 16.8. The van der Waals surface area contributed by atoms with Gasteiger partial charge in [0.05, 0.1) is 5.75 Å². The van der Waals surface area contributed by atoms with Crippen LogP contribution in [0.2, 0.25) is 0 Å². The summed E-state index contributed by atoms with van der Waals surface area (Å²) in [5.74, 6) is 1.96. The molecular formula is C23H18BrN5O3S. The summed E-state index contributed by atoms with van der Waals surface area (Å²) in [5, 5.41) is 12.2. The van der Waals surface area contributed by atoms with E-state index in [4.69, 9.17) is 9.47 Å². The van der Waals surface area contributed by atoms with Gasteiger partial charge < -0.3 is 14.8 Å². The first kappa shape index (κ1) is 21.5. The van der Waals surface area contributed by atoms with E-state index in [1.807, 2.05) is 41.0 Å². The highest BCUT2D eigenvalue weighted by Crippen LogP contribution is 2.33. The van der Waals surface area contributed by atoms with Crippen LogP contribution in [-0.2, 0) is 4.79 Å². The van der Waals surface area contributed by atoms with Gasteiger partial charge in [-0.15, -0.1) is 10.2 Å². The molecule has 10 heteroatoms. The van der Waals surface area contributed by atoms with Crippen LogP contribution in [0.5, 0.6) is 11.5 Å². The van der Waals surface area contributed by atoms with Crippen molar-refractivity contribution in [1.82, 2.24) is 19.7 Å². The molecule has 0 atom stereocenters. The summed E-state index contributed by atoms with van der Waals surface area (Å²) in [7, 11) is 0. The third kappa shape index (κ3) is 4.86. The lowest BCUT2D eigenvalue weighted by Gasteiger charge is -2.19. The van der Waals surface area contributed by atoms with Crippen LogP contribution in [0.25, 0.3) is 17.1 Å². The third-order valence-corrected chi connectivity index (χ3v) is 6.25. The van der Waals surface area contributed by atoms with Gasteiger partial charge in [-0.1, -0.05) is 27.7 Å². The monoisotopic (exact) mass is 523 g/mol. The van der Waals surface area contributed by atoms with Crippen LogP contribution >= 0.6 is 27.7 Å². The van der Waals surface area contributed by atoms with Crippen LogP contribution < -0.4 is 14.8 Å². The predicted molar refractivity (Wildman–Crippen MR) is 129 cm³/mol. The number of ether oxygens (including phenoxy) is 2. The van der Waals surface area contributed by atoms with Gasteiger partial charge in [0.2, 0.25) is 5.91 Å². The van der Waals surface area contributed by atoms with Crippen LogP contribution in [0.15, 0.2) is 76.6 Å². The van der Waals surface area contributed by atoms with Crippen LogP contribution in [0, 0.1) is 0 Å². The number of carbonyl (C=O) groups is 1. The fourth-order valence-corrected chi connectivity index (χ4v) is 4.33. The second-order valence-corrected chi connectivity index (χ2v) is 8.91. The SMILES string of the molecule is O=C(CSc1nnc(-c2cccnc2)n1-c1ccc(Br)cc1)Nc1ccc2c(c1)OCCO2. The number of nitrogens with one attached hydrogen (secondary N) is 1. The molecule has 1 aliphatic rings. The molecule has 0 saturated carbocycles. The molecule has 5 rings (SSSR count). The fraction of sp³-hybridized carbons (Fsp3) is 0.130. The first-order chi connectivity index (χ1) is 16.2. The van der Waals surface area contributed by atoms with Crippen molar-refractivity contribution >= 4 is 39.3 Å². The van der Waals surface area contributed by atoms with Gasteiger partial charge in [0, 0.05) is 39.9 Å². The first-order valence-electron chi connectivity index (χ1n) is 10.1. The van der Waals surface area contributed by atoms with Gasteiger partial charge in [-0.05, 0) is 48.5 Å². The van der Waals surface area contributed by atoms with Gasteiger partial charge in [-0.3, -0.25) is 14.3 Å². The lowest BCUT2D eigenvalue weighted by molar-refractivity contribution is -0.113. The number of anilines is 1. The van der Waals surface area contributed by atoms with Crippen molar-refractivity contribution in [3.63, 3.8) is 0 Å². The Hall–Kier alpha value is -3.37. The Bertz CT molecular complexity index is 1280. The summed E-state index contributed by atoms with van der Waals surface area (Å²) in [6.45, 7) is 1.01. The lowest BCUT2D eigenvalue weighted by Crippen LogP contribution is -2.17. The molecule has 0 bridgehead atoms. The highest BCUT2D eigenvalue weighted by molar-refractivity contribution is 9.10. The molecule has 0 radical (unpaired) electrons. The number of rotatable bonds is 6. The second-order valence-electron chi connectivity index (χ2n) is 7.05. The van der Waals surface area contributed by atoms with Crippen molar-refractivity contribution in [2.45, 2.75) is 5.16 Å². The maximum absolute atomic E-state index is 12.6. The molecule has 0 unspecified atom stereocenters. The van der Waals surface area contributed by atoms with Gasteiger partial charge in [0.15, 0.2) is 22.5 Å². The Balaban J connectivity index is 1.35. The molecular weight excluding hydrogens is 506 g/mol. The Morgan fingerprint density at radius 3 is 2.67 bits per heavy atom. The van der Waals surface area contributed by atoms with Gasteiger partial charge in [0.25, 0.3) is 0 Å². The van der Waals surface area contributed by atoms with Crippen molar-refractivity contribution in [1.29, 1.82) is 0 Å². The molecule has 8 nitrogen and oxygen atoms in total. The van der Waals surface area contributed by atoms with Crippen molar-refractivity contribution in [2.75, 3.05) is 24.3 Å². The quantitative estimate of drug-likeness (QED) is 0.369. The van der Waals surface area contributed by atoms with E-state index in [2.05, 4.69) is 36.4 Å². The van der Waals surface area contributed by atoms with Crippen LogP contribution in [-0.4, -0.2) is 44.6 Å². The number of benzene rings is 2. The topological polar surface area (TPSA) is 91.2 Å². The maximum atomic E-state index is 12.6. The van der Waals surface area contributed by atoms with E-state index in [1.54, 1.807) is 30.6 Å². The van der Waals surface area contributed by atoms with E-state index in [0.29, 0.717) is 41.4 Å². The standard InChI is InChI=1S/C23H18BrN5O3S/c24-16-3-6-18(7-4-16)29-22(15-2-1-9-25-13-15)27-28-23(29)33-14-21(30)26-17-5-8-19-20(12-17)32-11-10-31-19/h1-9,12-13H,10-11,14H2,(H,26,30). The molecule has 0 aliphatic carbocycles. The number of aromatic nitrogens is 4. The number of amides is 1. The number of pyridine rings is 1. The largest absolute Gasteiger partial charge is 0.486 e. The molecule has 4 aromatic rings. The molecule has 33 heavy (non-hydrogen) atoms. The van der Waals surface area contributed by atoms with Crippen LogP contribution in [0.4, 0.5) is 5.69 Å². The van der Waals surface area contributed by atoms with Crippen molar-refractivity contribution in [2.24, 2.45) is 0 Å². The van der Waals surface area contributed by atoms with E-state index in [1.165, 1.54) is 11.8 Å². The maximum Gasteiger partial charge on any atom is 0.234 e. The summed E-state index contributed by atoms with van der Waals surface area (Å²) in [6, 6.07) is 17.0. The second kappa shape index (κ2) is 9.63. The Kier molecular flexibility index (Phi) is 6.27. The first-order valence-corrected chi connectivity index (χ1v) is 11.9. The average molecular weight is 524 g/mol. The van der Waals surface area contributed by atoms with E-state index in [-0.39, 0.29) is 11.7 Å². The number of thioether (sulfide) groups is 1. The Morgan fingerprint density at radius 2 is 1.88 bits per heavy atom. The molecule has 1 aliphatic heterocycles. The molecule has 2 aromatic carbocycles. The lowest BCUT2D eigenvalue weighted by atomic mass is 10.2. The predicted octanol–water partition coefficient (Wildman–Crippen LogP) is 4.59. The van der Waals surface area contributed by atoms with Crippen LogP contribution in [0.1, 0.15) is 0 Å². The highest BCUT2D eigenvalue weighted by atomic mass is 79.9. The summed E-state index contributed by atoms with van der Waals surface area (Å²) >= 11 is 4.78. The minimum atomic E-state index is -0.162. The Labute approximate surface area is 202 Å². The van der Waals surface area contributed by atoms with Gasteiger partial charge in [0.1, 0.15) is 13.2 Å². The van der Waals surface area contributed by atoms with Gasteiger partial charge in [-0.25, -0.2) is 0 Å². The molecule has 1 N–H and O–H groups in total. The zero-order chi connectivity index (χ0) is 22.6. The van der Waals surface area contributed by atoms with Gasteiger partial charge >= 0.3 is 0 Å². The smallest absolute Gasteiger partial charge is 0.234 e. The van der Waals surface area contributed by atoms with E-state index in [0.717, 1.165) is 15.7 Å². The molecule has 0 saturated heterocycles. The molecule has 1 amide bonds. The summed E-state index contributed by atoms with van der Waals surface area (Å²) < 4.78 is 14.0. The van der Waals surface area contributed by atoms with E-state index >= 15 is 0 Å². The minimum Gasteiger partial charge on any atom is -0.486 e. The zero-order valence-electron chi connectivity index (χ0n) is 17.3. The summed E-state index contributed by atoms with van der Waals surface area (Å²) in [5.41, 5.74) is 2.37. The molecule has 0 spiro atoms. The number of hydrogen-bond donors (Lipinski definition) is 1. The van der Waals surface area contributed by atoms with E-state index in [9.17, 15) is 4.79 Å². The Morgan fingerprint density at radius 1 is 1.06 bits per heavy atom. The molecule has 3 heterocycles. The number of nitrogens with zero attached hydrogens (tertiary/aromatic N) is 4. The van der Waals surface area contributed by atoms with Gasteiger partial charge in [-0.2, -0.15) is 0 Å².